The van der Waals surface area contributed by atoms with Gasteiger partial charge >= 0.3 is 5.97 Å². The van der Waals surface area contributed by atoms with Crippen LogP contribution in [0.1, 0.15) is 19.4 Å². The predicted octanol–water partition coefficient (Wildman–Crippen LogP) is 2.52. The number of carbonyl (C=O) groups excluding carboxylic acids is 1. The second-order valence-corrected chi connectivity index (χ2v) is 4.95. The number of rotatable bonds is 2. The van der Waals surface area contributed by atoms with Gasteiger partial charge in [-0.05, 0) is 12.1 Å². The van der Waals surface area contributed by atoms with Crippen LogP contribution in [0.4, 0.5) is 0 Å². The number of cyclic esters (lactones) is 1. The van der Waals surface area contributed by atoms with Crippen LogP contribution < -0.4 is 0 Å². The van der Waals surface area contributed by atoms with E-state index in [-0.39, 0.29) is 0 Å². The third kappa shape index (κ3) is 2.42. The fourth-order valence-electron chi connectivity index (χ4n) is 2.07. The van der Waals surface area contributed by atoms with Crippen LogP contribution in [0.15, 0.2) is 49.1 Å². The van der Waals surface area contributed by atoms with Crippen LogP contribution in [-0.2, 0) is 14.3 Å². The minimum absolute atomic E-state index is 0.399. The molecule has 1 aliphatic rings. The Morgan fingerprint density at radius 1 is 1.25 bits per heavy atom. The number of imidazole rings is 1. The Balaban J connectivity index is 1.99. The molecule has 5 nitrogen and oxygen atoms in total. The summed E-state index contributed by atoms with van der Waals surface area (Å²) in [6.07, 6.45) is 6.64. The zero-order valence-electron chi connectivity index (χ0n) is 11.2. The first-order chi connectivity index (χ1) is 9.53. The van der Waals surface area contributed by atoms with Gasteiger partial charge in [0.05, 0.1) is 12.4 Å². The monoisotopic (exact) mass is 270 g/mol. The Bertz CT molecular complexity index is 672. The van der Waals surface area contributed by atoms with Crippen LogP contribution in [0.3, 0.4) is 0 Å². The highest BCUT2D eigenvalue weighted by Crippen LogP contribution is 2.29. The molecule has 0 saturated heterocycles. The number of carbonyl (C=O) groups is 1. The average Bonchev–Trinajstić information content (AvgIpc) is 2.90. The Morgan fingerprint density at radius 3 is 2.80 bits per heavy atom. The number of nitrogens with zero attached hydrogens (tertiary/aromatic N) is 2. The lowest BCUT2D eigenvalue weighted by Gasteiger charge is -2.30. The highest BCUT2D eigenvalue weighted by molar-refractivity contribution is 5.91. The van der Waals surface area contributed by atoms with Gasteiger partial charge in [0, 0.05) is 37.5 Å². The first kappa shape index (κ1) is 12.5. The molecule has 0 N–H and O–H groups in total. The van der Waals surface area contributed by atoms with Gasteiger partial charge in [-0.25, -0.2) is 9.78 Å². The molecular weight excluding hydrogens is 256 g/mol. The van der Waals surface area contributed by atoms with Gasteiger partial charge in [0.1, 0.15) is 5.76 Å². The van der Waals surface area contributed by atoms with Crippen molar-refractivity contribution in [2.45, 2.75) is 19.6 Å². The third-order valence-corrected chi connectivity index (χ3v) is 2.88. The van der Waals surface area contributed by atoms with Gasteiger partial charge in [0.25, 0.3) is 0 Å². The molecular formula is C15H14N2O3. The molecule has 0 radical (unpaired) electrons. The molecule has 1 aromatic heterocycles. The highest BCUT2D eigenvalue weighted by Gasteiger charge is 2.30. The fraction of sp³-hybridized carbons (Fsp3) is 0.200. The standard InChI is InChI=1S/C15H14N2O3/c1-15(2)19-13(9-14(18)20-15)11-4-3-5-12(8-11)17-7-6-16-10-17/h3-10H,1-2H3. The molecule has 2 aromatic rings. The predicted molar refractivity (Wildman–Crippen MR) is 72.8 cm³/mol. The van der Waals surface area contributed by atoms with E-state index in [9.17, 15) is 4.79 Å². The van der Waals surface area contributed by atoms with Crippen molar-refractivity contribution < 1.29 is 14.3 Å². The number of benzene rings is 1. The minimum Gasteiger partial charge on any atom is -0.452 e. The molecule has 0 atom stereocenters. The summed E-state index contributed by atoms with van der Waals surface area (Å²) in [6.45, 7) is 3.41. The zero-order chi connectivity index (χ0) is 14.2. The molecule has 0 aliphatic carbocycles. The smallest absolute Gasteiger partial charge is 0.337 e. The molecule has 0 amide bonds. The maximum atomic E-state index is 11.6. The van der Waals surface area contributed by atoms with Crippen molar-refractivity contribution >= 4 is 11.7 Å². The number of ether oxygens (including phenoxy) is 2. The van der Waals surface area contributed by atoms with Crippen molar-refractivity contribution in [2.24, 2.45) is 0 Å². The number of hydrogen-bond donors (Lipinski definition) is 0. The van der Waals surface area contributed by atoms with E-state index in [0.29, 0.717) is 5.76 Å². The van der Waals surface area contributed by atoms with Gasteiger partial charge in [0.2, 0.25) is 5.79 Å². The Labute approximate surface area is 116 Å². The van der Waals surface area contributed by atoms with Crippen molar-refractivity contribution in [1.82, 2.24) is 9.55 Å². The normalized spacial score (nSPS) is 17.1. The summed E-state index contributed by atoms with van der Waals surface area (Å²) >= 11 is 0. The number of aromatic nitrogens is 2. The lowest BCUT2D eigenvalue weighted by atomic mass is 10.1. The zero-order valence-corrected chi connectivity index (χ0v) is 11.2. The molecule has 2 heterocycles. The van der Waals surface area contributed by atoms with Gasteiger partial charge < -0.3 is 14.0 Å². The Morgan fingerprint density at radius 2 is 2.10 bits per heavy atom. The molecule has 20 heavy (non-hydrogen) atoms. The van der Waals surface area contributed by atoms with E-state index in [4.69, 9.17) is 9.47 Å². The minimum atomic E-state index is -0.952. The van der Waals surface area contributed by atoms with E-state index < -0.39 is 11.8 Å². The summed E-state index contributed by atoms with van der Waals surface area (Å²) in [4.78, 5) is 15.6. The first-order valence-corrected chi connectivity index (χ1v) is 6.26. The summed E-state index contributed by atoms with van der Waals surface area (Å²) in [5, 5.41) is 0. The van der Waals surface area contributed by atoms with Crippen molar-refractivity contribution in [3.05, 3.63) is 54.6 Å². The van der Waals surface area contributed by atoms with Crippen molar-refractivity contribution in [1.29, 1.82) is 0 Å². The van der Waals surface area contributed by atoms with Crippen LogP contribution in [0.25, 0.3) is 11.4 Å². The van der Waals surface area contributed by atoms with Gasteiger partial charge in [-0.3, -0.25) is 0 Å². The number of esters is 1. The summed E-state index contributed by atoms with van der Waals surface area (Å²) in [5.74, 6) is -0.843. The first-order valence-electron chi connectivity index (χ1n) is 6.26. The van der Waals surface area contributed by atoms with Gasteiger partial charge in [-0.2, -0.15) is 0 Å². The number of hydrogen-bond acceptors (Lipinski definition) is 4. The van der Waals surface area contributed by atoms with Crippen LogP contribution in [0, 0.1) is 0 Å². The summed E-state index contributed by atoms with van der Waals surface area (Å²) in [7, 11) is 0. The van der Waals surface area contributed by atoms with E-state index >= 15 is 0 Å². The molecule has 0 spiro atoms. The second kappa shape index (κ2) is 4.52. The highest BCUT2D eigenvalue weighted by atomic mass is 16.7. The topological polar surface area (TPSA) is 53.4 Å². The molecule has 1 aromatic carbocycles. The van der Waals surface area contributed by atoms with Crippen molar-refractivity contribution in [3.63, 3.8) is 0 Å². The molecule has 102 valence electrons. The van der Waals surface area contributed by atoms with Gasteiger partial charge in [0.15, 0.2) is 0 Å². The molecule has 1 aliphatic heterocycles. The van der Waals surface area contributed by atoms with Crippen LogP contribution in [0.2, 0.25) is 0 Å². The van der Waals surface area contributed by atoms with Crippen LogP contribution >= 0.6 is 0 Å². The van der Waals surface area contributed by atoms with E-state index in [1.54, 1.807) is 26.4 Å². The fourth-order valence-corrected chi connectivity index (χ4v) is 2.07. The lowest BCUT2D eigenvalue weighted by Crippen LogP contribution is -2.33. The van der Waals surface area contributed by atoms with Crippen LogP contribution in [0.5, 0.6) is 0 Å². The molecule has 0 fully saturated rings. The average molecular weight is 270 g/mol. The molecule has 0 saturated carbocycles. The second-order valence-electron chi connectivity index (χ2n) is 4.95. The van der Waals surface area contributed by atoms with E-state index in [0.717, 1.165) is 11.3 Å². The van der Waals surface area contributed by atoms with E-state index in [1.807, 2.05) is 35.0 Å². The van der Waals surface area contributed by atoms with Crippen LogP contribution in [-0.4, -0.2) is 21.3 Å². The van der Waals surface area contributed by atoms with Crippen molar-refractivity contribution in [3.8, 4) is 5.69 Å². The largest absolute Gasteiger partial charge is 0.452 e. The van der Waals surface area contributed by atoms with E-state index in [1.165, 1.54) is 6.08 Å². The SMILES string of the molecule is CC1(C)OC(=O)C=C(c2cccc(-n3ccnc3)c2)O1. The Hall–Kier alpha value is -2.56. The lowest BCUT2D eigenvalue weighted by molar-refractivity contribution is -0.193. The molecule has 0 unspecified atom stereocenters. The Kier molecular flexibility index (Phi) is 2.82. The third-order valence-electron chi connectivity index (χ3n) is 2.88. The van der Waals surface area contributed by atoms with Gasteiger partial charge in [-0.1, -0.05) is 12.1 Å². The summed E-state index contributed by atoms with van der Waals surface area (Å²) < 4.78 is 12.7. The maximum absolute atomic E-state index is 11.6. The summed E-state index contributed by atoms with van der Waals surface area (Å²) in [6, 6.07) is 7.68. The molecule has 0 bridgehead atoms. The molecule has 3 rings (SSSR count). The quantitative estimate of drug-likeness (QED) is 0.787. The molecule has 5 heteroatoms. The summed E-state index contributed by atoms with van der Waals surface area (Å²) in [5.41, 5.74) is 1.77. The maximum Gasteiger partial charge on any atom is 0.337 e. The van der Waals surface area contributed by atoms with Gasteiger partial charge in [-0.15, -0.1) is 0 Å². The van der Waals surface area contributed by atoms with Crippen molar-refractivity contribution in [2.75, 3.05) is 0 Å². The van der Waals surface area contributed by atoms with E-state index in [2.05, 4.69) is 4.98 Å².